The van der Waals surface area contributed by atoms with Crippen LogP contribution in [0.2, 0.25) is 0 Å². The summed E-state index contributed by atoms with van der Waals surface area (Å²) in [6, 6.07) is 12.1. The monoisotopic (exact) mass is 303 g/mol. The van der Waals surface area contributed by atoms with Crippen molar-refractivity contribution in [1.29, 1.82) is 0 Å². The van der Waals surface area contributed by atoms with Gasteiger partial charge in [-0.15, -0.1) is 11.6 Å². The van der Waals surface area contributed by atoms with E-state index >= 15 is 0 Å². The number of pyridine rings is 1. The molecule has 2 nitrogen and oxygen atoms in total. The molecule has 112 valence electrons. The first-order valence-electron chi connectivity index (χ1n) is 7.47. The molecule has 1 heterocycles. The van der Waals surface area contributed by atoms with Crippen LogP contribution in [-0.2, 0) is 6.42 Å². The van der Waals surface area contributed by atoms with Crippen molar-refractivity contribution in [2.75, 3.05) is 6.61 Å². The third-order valence-electron chi connectivity index (χ3n) is 3.37. The number of hydrogen-bond acceptors (Lipinski definition) is 2. The molecule has 21 heavy (non-hydrogen) atoms. The molecule has 0 radical (unpaired) electrons. The topological polar surface area (TPSA) is 22.1 Å². The first-order chi connectivity index (χ1) is 10.2. The zero-order chi connectivity index (χ0) is 15.1. The highest BCUT2D eigenvalue weighted by Crippen LogP contribution is 2.26. The Kier molecular flexibility index (Phi) is 6.06. The molecule has 1 unspecified atom stereocenters. The van der Waals surface area contributed by atoms with Gasteiger partial charge in [0.2, 0.25) is 0 Å². The predicted molar refractivity (Wildman–Crippen MR) is 88.1 cm³/mol. The van der Waals surface area contributed by atoms with E-state index in [-0.39, 0.29) is 5.38 Å². The lowest BCUT2D eigenvalue weighted by Gasteiger charge is -2.11. The van der Waals surface area contributed by atoms with Crippen molar-refractivity contribution in [3.05, 3.63) is 59.4 Å². The van der Waals surface area contributed by atoms with Crippen molar-refractivity contribution in [2.45, 2.75) is 38.5 Å². The van der Waals surface area contributed by atoms with Crippen LogP contribution in [0.15, 0.2) is 42.6 Å². The number of benzene rings is 1. The molecule has 1 atom stereocenters. The quantitative estimate of drug-likeness (QED) is 0.525. The van der Waals surface area contributed by atoms with Gasteiger partial charge in [0.05, 0.1) is 12.0 Å². The number of alkyl halides is 1. The van der Waals surface area contributed by atoms with E-state index in [1.54, 1.807) is 0 Å². The average Bonchev–Trinajstić information content (AvgIpc) is 2.50. The van der Waals surface area contributed by atoms with E-state index in [2.05, 4.69) is 18.0 Å². The van der Waals surface area contributed by atoms with Crippen LogP contribution >= 0.6 is 11.6 Å². The molecule has 0 saturated carbocycles. The summed E-state index contributed by atoms with van der Waals surface area (Å²) in [7, 11) is 0. The summed E-state index contributed by atoms with van der Waals surface area (Å²) >= 11 is 6.48. The molecule has 3 heteroatoms. The van der Waals surface area contributed by atoms with Crippen LogP contribution in [0.5, 0.6) is 5.75 Å². The Morgan fingerprint density at radius 2 is 1.90 bits per heavy atom. The number of ether oxygens (including phenoxy) is 1. The third-order valence-corrected chi connectivity index (χ3v) is 3.78. The van der Waals surface area contributed by atoms with E-state index in [1.165, 1.54) is 5.56 Å². The summed E-state index contributed by atoms with van der Waals surface area (Å²) < 4.78 is 5.66. The van der Waals surface area contributed by atoms with Gasteiger partial charge in [0, 0.05) is 18.3 Å². The van der Waals surface area contributed by atoms with Crippen LogP contribution in [0.25, 0.3) is 0 Å². The summed E-state index contributed by atoms with van der Waals surface area (Å²) in [5.41, 5.74) is 3.28. The number of halogens is 1. The molecule has 1 aromatic carbocycles. The van der Waals surface area contributed by atoms with Gasteiger partial charge in [-0.25, -0.2) is 0 Å². The molecule has 0 fully saturated rings. The first kappa shape index (κ1) is 15.8. The Balaban J connectivity index is 1.93. The smallest absolute Gasteiger partial charge is 0.119 e. The largest absolute Gasteiger partial charge is 0.494 e. The Labute approximate surface area is 132 Å². The van der Waals surface area contributed by atoms with E-state index in [4.69, 9.17) is 16.3 Å². The van der Waals surface area contributed by atoms with Gasteiger partial charge in [-0.2, -0.15) is 0 Å². The summed E-state index contributed by atoms with van der Waals surface area (Å²) in [6.07, 6.45) is 4.84. The van der Waals surface area contributed by atoms with Gasteiger partial charge in [-0.1, -0.05) is 31.5 Å². The van der Waals surface area contributed by atoms with Crippen molar-refractivity contribution >= 4 is 11.6 Å². The highest BCUT2D eigenvalue weighted by Gasteiger charge is 2.10. The average molecular weight is 304 g/mol. The minimum Gasteiger partial charge on any atom is -0.494 e. The number of aromatic nitrogens is 1. The first-order valence-corrected chi connectivity index (χ1v) is 7.91. The number of nitrogens with zero attached hydrogens (tertiary/aromatic N) is 1. The molecule has 0 aliphatic carbocycles. The lowest BCUT2D eigenvalue weighted by molar-refractivity contribution is 0.309. The molecule has 0 bridgehead atoms. The summed E-state index contributed by atoms with van der Waals surface area (Å²) in [5.74, 6) is 0.907. The van der Waals surface area contributed by atoms with Crippen LogP contribution in [-0.4, -0.2) is 11.6 Å². The van der Waals surface area contributed by atoms with Gasteiger partial charge in [0.1, 0.15) is 5.75 Å². The fourth-order valence-electron chi connectivity index (χ4n) is 2.03. The van der Waals surface area contributed by atoms with Gasteiger partial charge < -0.3 is 4.74 Å². The Bertz CT molecular complexity index is 536. The van der Waals surface area contributed by atoms with Gasteiger partial charge in [0.15, 0.2) is 0 Å². The Hall–Kier alpha value is -1.54. The van der Waals surface area contributed by atoms with Crippen molar-refractivity contribution < 1.29 is 4.74 Å². The SMILES string of the molecule is CCCCOc1ccc(C(Cl)Cc2ccc(C)cn2)cc1. The maximum Gasteiger partial charge on any atom is 0.119 e. The Morgan fingerprint density at radius 1 is 1.14 bits per heavy atom. The molecule has 2 aromatic rings. The normalized spacial score (nSPS) is 12.1. The maximum atomic E-state index is 6.48. The molecule has 1 aromatic heterocycles. The molecule has 0 spiro atoms. The zero-order valence-corrected chi connectivity index (χ0v) is 13.4. The molecule has 2 rings (SSSR count). The number of hydrogen-bond donors (Lipinski definition) is 0. The highest BCUT2D eigenvalue weighted by atomic mass is 35.5. The molecule has 0 aliphatic heterocycles. The van der Waals surface area contributed by atoms with Crippen LogP contribution in [0.4, 0.5) is 0 Å². The van der Waals surface area contributed by atoms with Crippen molar-refractivity contribution in [2.24, 2.45) is 0 Å². The van der Waals surface area contributed by atoms with Gasteiger partial charge >= 0.3 is 0 Å². The minimum atomic E-state index is -0.0649. The zero-order valence-electron chi connectivity index (χ0n) is 12.7. The van der Waals surface area contributed by atoms with E-state index in [9.17, 15) is 0 Å². The summed E-state index contributed by atoms with van der Waals surface area (Å²) in [6.45, 7) is 4.96. The van der Waals surface area contributed by atoms with Crippen molar-refractivity contribution in [3.63, 3.8) is 0 Å². The fraction of sp³-hybridized carbons (Fsp3) is 0.389. The fourth-order valence-corrected chi connectivity index (χ4v) is 2.33. The second kappa shape index (κ2) is 8.04. The number of unbranched alkanes of at least 4 members (excludes halogenated alkanes) is 1. The Morgan fingerprint density at radius 3 is 2.52 bits per heavy atom. The van der Waals surface area contributed by atoms with Gasteiger partial charge in [-0.05, 0) is 42.7 Å². The number of aryl methyl sites for hydroxylation is 1. The number of rotatable bonds is 7. The van der Waals surface area contributed by atoms with Crippen molar-refractivity contribution in [3.8, 4) is 5.75 Å². The van der Waals surface area contributed by atoms with E-state index in [0.717, 1.165) is 42.9 Å². The predicted octanol–water partition coefficient (Wildman–Crippen LogP) is 5.09. The molecule has 0 amide bonds. The standard InChI is InChI=1S/C18H22ClNO/c1-3-4-11-21-17-9-6-15(7-10-17)18(19)12-16-8-5-14(2)13-20-16/h5-10,13,18H,3-4,11-12H2,1-2H3. The van der Waals surface area contributed by atoms with E-state index < -0.39 is 0 Å². The molecular weight excluding hydrogens is 282 g/mol. The second-order valence-electron chi connectivity index (χ2n) is 5.27. The van der Waals surface area contributed by atoms with E-state index in [0.29, 0.717) is 0 Å². The lowest BCUT2D eigenvalue weighted by atomic mass is 10.1. The molecule has 0 saturated heterocycles. The maximum absolute atomic E-state index is 6.48. The van der Waals surface area contributed by atoms with Crippen LogP contribution in [0.1, 0.15) is 42.0 Å². The van der Waals surface area contributed by atoms with Crippen LogP contribution in [0.3, 0.4) is 0 Å². The van der Waals surface area contributed by atoms with Crippen LogP contribution < -0.4 is 4.74 Å². The second-order valence-corrected chi connectivity index (χ2v) is 5.80. The van der Waals surface area contributed by atoms with E-state index in [1.807, 2.05) is 43.5 Å². The van der Waals surface area contributed by atoms with Gasteiger partial charge in [0.25, 0.3) is 0 Å². The third kappa shape index (κ3) is 5.05. The van der Waals surface area contributed by atoms with Gasteiger partial charge in [-0.3, -0.25) is 4.98 Å². The summed E-state index contributed by atoms with van der Waals surface area (Å²) in [5, 5.41) is -0.0649. The highest BCUT2D eigenvalue weighted by molar-refractivity contribution is 6.20. The minimum absolute atomic E-state index is 0.0649. The molecule has 0 aliphatic rings. The van der Waals surface area contributed by atoms with Crippen molar-refractivity contribution in [1.82, 2.24) is 4.98 Å². The summed E-state index contributed by atoms with van der Waals surface area (Å²) in [4.78, 5) is 4.40. The van der Waals surface area contributed by atoms with Crippen LogP contribution in [0, 0.1) is 6.92 Å². The lowest BCUT2D eigenvalue weighted by Crippen LogP contribution is -1.99. The molecular formula is C18H22ClNO. The molecule has 0 N–H and O–H groups in total.